The molecule has 1 aliphatic carbocycles. The summed E-state index contributed by atoms with van der Waals surface area (Å²) in [4.78, 5) is 28.5. The monoisotopic (exact) mass is 454 g/mol. The van der Waals surface area contributed by atoms with Crippen molar-refractivity contribution in [1.29, 1.82) is 0 Å². The summed E-state index contributed by atoms with van der Waals surface area (Å²) in [5.74, 6) is -0.266. The highest BCUT2D eigenvalue weighted by Crippen LogP contribution is 2.41. The van der Waals surface area contributed by atoms with Gasteiger partial charge in [0.1, 0.15) is 0 Å². The van der Waals surface area contributed by atoms with E-state index in [1.165, 1.54) is 0 Å². The van der Waals surface area contributed by atoms with Crippen LogP contribution >= 0.6 is 15.9 Å². The van der Waals surface area contributed by atoms with E-state index in [-0.39, 0.29) is 34.8 Å². The van der Waals surface area contributed by atoms with E-state index in [4.69, 9.17) is 0 Å². The van der Waals surface area contributed by atoms with E-state index in [0.717, 1.165) is 44.3 Å². The summed E-state index contributed by atoms with van der Waals surface area (Å²) in [6.07, 6.45) is 4.37. The number of benzene rings is 1. The minimum atomic E-state index is -3.68. The molecule has 4 rings (SSSR count). The Balaban J connectivity index is 1.60. The number of amides is 2. The summed E-state index contributed by atoms with van der Waals surface area (Å²) < 4.78 is 26.9. The van der Waals surface area contributed by atoms with Crippen LogP contribution in [0.1, 0.15) is 37.7 Å². The molecule has 146 valence electrons. The molecule has 0 N–H and O–H groups in total. The Bertz CT molecular complexity index is 889. The first-order chi connectivity index (χ1) is 12.9. The van der Waals surface area contributed by atoms with E-state index in [1.54, 1.807) is 15.9 Å². The van der Waals surface area contributed by atoms with E-state index >= 15 is 0 Å². The fraction of sp³-hybridized carbons (Fsp3) is 0.579. The standard InChI is InChI=1S/C19H23BrN2O4S/c20-15-11-14-5-9-22(19(24)13-3-4-13)18(14)16(12-15)27(25,26)10-6-17(23)21-7-1-2-8-21/h11-13H,1-10H2. The third kappa shape index (κ3) is 3.78. The molecule has 0 unspecified atom stereocenters. The molecule has 1 saturated carbocycles. The zero-order valence-corrected chi connectivity index (χ0v) is 17.5. The summed E-state index contributed by atoms with van der Waals surface area (Å²) in [5, 5.41) is 0. The van der Waals surface area contributed by atoms with Gasteiger partial charge in [0.25, 0.3) is 0 Å². The number of likely N-dealkylation sites (tertiary alicyclic amines) is 1. The van der Waals surface area contributed by atoms with Gasteiger partial charge < -0.3 is 9.80 Å². The first kappa shape index (κ1) is 18.9. The van der Waals surface area contributed by atoms with Crippen LogP contribution in [0.5, 0.6) is 0 Å². The molecule has 0 bridgehead atoms. The smallest absolute Gasteiger partial charge is 0.230 e. The average molecular weight is 455 g/mol. The minimum Gasteiger partial charge on any atom is -0.343 e. The second kappa shape index (κ2) is 7.20. The number of carbonyl (C=O) groups is 2. The van der Waals surface area contributed by atoms with Crippen molar-refractivity contribution < 1.29 is 18.0 Å². The van der Waals surface area contributed by atoms with Gasteiger partial charge in [-0.3, -0.25) is 9.59 Å². The summed E-state index contributed by atoms with van der Waals surface area (Å²) >= 11 is 3.40. The molecular weight excluding hydrogens is 432 g/mol. The van der Waals surface area contributed by atoms with Crippen LogP contribution in [-0.4, -0.2) is 50.5 Å². The van der Waals surface area contributed by atoms with E-state index in [1.807, 2.05) is 6.07 Å². The second-order valence-electron chi connectivity index (χ2n) is 7.58. The largest absolute Gasteiger partial charge is 0.343 e. The van der Waals surface area contributed by atoms with E-state index in [2.05, 4.69) is 15.9 Å². The number of anilines is 1. The van der Waals surface area contributed by atoms with Gasteiger partial charge in [0.05, 0.1) is 16.3 Å². The molecule has 8 heteroatoms. The zero-order valence-electron chi connectivity index (χ0n) is 15.1. The maximum atomic E-state index is 13.1. The van der Waals surface area contributed by atoms with Gasteiger partial charge in [-0.05, 0) is 49.8 Å². The van der Waals surface area contributed by atoms with Gasteiger partial charge in [0.15, 0.2) is 9.84 Å². The Kier molecular flexibility index (Phi) is 5.05. The first-order valence-corrected chi connectivity index (χ1v) is 12.0. The average Bonchev–Trinajstić information content (AvgIpc) is 3.16. The first-order valence-electron chi connectivity index (χ1n) is 9.51. The fourth-order valence-corrected chi connectivity index (χ4v) is 6.10. The topological polar surface area (TPSA) is 74.8 Å². The van der Waals surface area contributed by atoms with Crippen LogP contribution in [0.2, 0.25) is 0 Å². The van der Waals surface area contributed by atoms with Crippen LogP contribution in [0.25, 0.3) is 0 Å². The molecule has 3 aliphatic rings. The van der Waals surface area contributed by atoms with Gasteiger partial charge in [0.2, 0.25) is 11.8 Å². The summed E-state index contributed by atoms with van der Waals surface area (Å²) in [5.41, 5.74) is 1.41. The molecule has 6 nitrogen and oxygen atoms in total. The predicted octanol–water partition coefficient (Wildman–Crippen LogP) is 2.53. The summed E-state index contributed by atoms with van der Waals surface area (Å²) in [6, 6.07) is 3.47. The number of hydrogen-bond donors (Lipinski definition) is 0. The quantitative estimate of drug-likeness (QED) is 0.684. The van der Waals surface area contributed by atoms with Crippen LogP contribution in [-0.2, 0) is 25.8 Å². The molecular formula is C19H23BrN2O4S. The lowest BCUT2D eigenvalue weighted by molar-refractivity contribution is -0.129. The van der Waals surface area contributed by atoms with Gasteiger partial charge >= 0.3 is 0 Å². The summed E-state index contributed by atoms with van der Waals surface area (Å²) in [7, 11) is -3.68. The van der Waals surface area contributed by atoms with Crippen molar-refractivity contribution in [3.05, 3.63) is 22.2 Å². The normalized spacial score (nSPS) is 19.4. The predicted molar refractivity (Wildman–Crippen MR) is 105 cm³/mol. The van der Waals surface area contributed by atoms with E-state index < -0.39 is 9.84 Å². The van der Waals surface area contributed by atoms with Crippen LogP contribution in [0.15, 0.2) is 21.5 Å². The Hall–Kier alpha value is -1.41. The molecule has 2 aliphatic heterocycles. The van der Waals surface area contributed by atoms with Crippen molar-refractivity contribution in [2.45, 2.75) is 43.4 Å². The highest BCUT2D eigenvalue weighted by atomic mass is 79.9. The number of sulfone groups is 1. The van der Waals surface area contributed by atoms with Crippen molar-refractivity contribution in [3.63, 3.8) is 0 Å². The molecule has 1 aromatic rings. The molecule has 2 heterocycles. The Labute approximate surface area is 167 Å². The number of halogens is 1. The minimum absolute atomic E-state index is 0.0137. The summed E-state index contributed by atoms with van der Waals surface area (Å²) in [6.45, 7) is 1.96. The van der Waals surface area contributed by atoms with Gasteiger partial charge in [-0.15, -0.1) is 0 Å². The van der Waals surface area contributed by atoms with Crippen LogP contribution in [0, 0.1) is 5.92 Å². The zero-order chi connectivity index (χ0) is 19.2. The Morgan fingerprint density at radius 1 is 1.11 bits per heavy atom. The fourth-order valence-electron chi connectivity index (χ4n) is 3.93. The van der Waals surface area contributed by atoms with Gasteiger partial charge in [-0.1, -0.05) is 15.9 Å². The third-order valence-corrected chi connectivity index (χ3v) is 7.75. The number of nitrogens with zero attached hydrogens (tertiary/aromatic N) is 2. The van der Waals surface area contributed by atoms with Gasteiger partial charge in [-0.2, -0.15) is 0 Å². The number of rotatable bonds is 5. The third-order valence-electron chi connectivity index (χ3n) is 5.56. The van der Waals surface area contributed by atoms with E-state index in [0.29, 0.717) is 23.1 Å². The number of fused-ring (bicyclic) bond motifs is 1. The van der Waals surface area contributed by atoms with E-state index in [9.17, 15) is 18.0 Å². The van der Waals surface area contributed by atoms with Gasteiger partial charge in [-0.25, -0.2) is 8.42 Å². The molecule has 0 aromatic heterocycles. The van der Waals surface area contributed by atoms with Crippen molar-refractivity contribution in [2.75, 3.05) is 30.3 Å². The maximum absolute atomic E-state index is 13.1. The molecule has 1 saturated heterocycles. The molecule has 27 heavy (non-hydrogen) atoms. The molecule has 0 atom stereocenters. The van der Waals surface area contributed by atoms with Crippen molar-refractivity contribution in [2.24, 2.45) is 5.92 Å². The van der Waals surface area contributed by atoms with Crippen molar-refractivity contribution in [1.82, 2.24) is 4.90 Å². The molecule has 2 amide bonds. The van der Waals surface area contributed by atoms with Crippen molar-refractivity contribution >= 4 is 43.3 Å². The Morgan fingerprint density at radius 2 is 1.81 bits per heavy atom. The lowest BCUT2D eigenvalue weighted by atomic mass is 10.2. The molecule has 2 fully saturated rings. The van der Waals surface area contributed by atoms with Crippen LogP contribution in [0.4, 0.5) is 5.69 Å². The lowest BCUT2D eigenvalue weighted by Crippen LogP contribution is -2.32. The number of carbonyl (C=O) groups excluding carboxylic acids is 2. The van der Waals surface area contributed by atoms with Crippen LogP contribution in [0.3, 0.4) is 0 Å². The molecule has 0 radical (unpaired) electrons. The molecule has 0 spiro atoms. The molecule has 1 aromatic carbocycles. The van der Waals surface area contributed by atoms with Gasteiger partial charge in [0, 0.05) is 36.4 Å². The van der Waals surface area contributed by atoms with Crippen molar-refractivity contribution in [3.8, 4) is 0 Å². The SMILES string of the molecule is O=C(CCS(=O)(=O)c1cc(Br)cc2c1N(C(=O)C1CC1)CC2)N1CCCC1. The lowest BCUT2D eigenvalue weighted by Gasteiger charge is -2.21. The highest BCUT2D eigenvalue weighted by molar-refractivity contribution is 9.10. The second-order valence-corrected chi connectivity index (χ2v) is 10.6. The highest BCUT2D eigenvalue weighted by Gasteiger charge is 2.39. The van der Waals surface area contributed by atoms with Crippen LogP contribution < -0.4 is 4.90 Å². The Morgan fingerprint density at radius 3 is 2.48 bits per heavy atom. The number of hydrogen-bond acceptors (Lipinski definition) is 4. The maximum Gasteiger partial charge on any atom is 0.230 e.